The van der Waals surface area contributed by atoms with Gasteiger partial charge in [-0.15, -0.1) is 0 Å². The van der Waals surface area contributed by atoms with Crippen LogP contribution in [-0.2, 0) is 21.4 Å². The summed E-state index contributed by atoms with van der Waals surface area (Å²) in [6.07, 6.45) is 3.38. The van der Waals surface area contributed by atoms with Crippen molar-refractivity contribution < 1.29 is 13.2 Å². The summed E-state index contributed by atoms with van der Waals surface area (Å²) in [6, 6.07) is 6.77. The minimum atomic E-state index is -3.38. The first-order chi connectivity index (χ1) is 11.0. The summed E-state index contributed by atoms with van der Waals surface area (Å²) >= 11 is 0. The van der Waals surface area contributed by atoms with E-state index in [2.05, 4.69) is 10.6 Å². The molecule has 1 aromatic rings. The molecule has 1 saturated heterocycles. The van der Waals surface area contributed by atoms with Crippen LogP contribution in [0.15, 0.2) is 29.2 Å². The Morgan fingerprint density at radius 3 is 2.39 bits per heavy atom. The van der Waals surface area contributed by atoms with Crippen LogP contribution >= 0.6 is 0 Å². The van der Waals surface area contributed by atoms with Crippen LogP contribution in [0, 0.1) is 0 Å². The molecule has 0 atom stereocenters. The van der Waals surface area contributed by atoms with Crippen LogP contribution in [0.3, 0.4) is 0 Å². The van der Waals surface area contributed by atoms with E-state index in [1.54, 1.807) is 35.6 Å². The molecular formula is C16H25N3O3S. The van der Waals surface area contributed by atoms with Gasteiger partial charge >= 0.3 is 0 Å². The van der Waals surface area contributed by atoms with E-state index in [9.17, 15) is 13.2 Å². The van der Waals surface area contributed by atoms with Gasteiger partial charge in [0.15, 0.2) is 0 Å². The topological polar surface area (TPSA) is 78.5 Å². The van der Waals surface area contributed by atoms with Crippen molar-refractivity contribution in [1.82, 2.24) is 14.9 Å². The average Bonchev–Trinajstić information content (AvgIpc) is 2.59. The fourth-order valence-electron chi connectivity index (χ4n) is 2.56. The molecule has 2 N–H and O–H groups in total. The Morgan fingerprint density at radius 2 is 1.78 bits per heavy atom. The quantitative estimate of drug-likeness (QED) is 0.779. The molecule has 128 valence electrons. The van der Waals surface area contributed by atoms with Gasteiger partial charge in [-0.3, -0.25) is 4.79 Å². The molecule has 0 radical (unpaired) electrons. The number of sulfonamides is 1. The summed E-state index contributed by atoms with van der Waals surface area (Å²) in [4.78, 5) is 11.9. The Balaban J connectivity index is 1.94. The van der Waals surface area contributed by atoms with Crippen molar-refractivity contribution in [3.8, 4) is 0 Å². The number of piperidine rings is 1. The Bertz CT molecular complexity index is 608. The fourth-order valence-corrected chi connectivity index (χ4v) is 4.08. The average molecular weight is 339 g/mol. The summed E-state index contributed by atoms with van der Waals surface area (Å²) in [5.41, 5.74) is 0.889. The van der Waals surface area contributed by atoms with Gasteiger partial charge in [-0.25, -0.2) is 8.42 Å². The number of nitrogens with zero attached hydrogens (tertiary/aromatic N) is 1. The molecule has 1 aromatic carbocycles. The second-order valence-corrected chi connectivity index (χ2v) is 7.68. The van der Waals surface area contributed by atoms with Gasteiger partial charge in [0.2, 0.25) is 15.9 Å². The minimum Gasteiger partial charge on any atom is -0.352 e. The molecule has 7 heteroatoms. The fraction of sp³-hybridized carbons (Fsp3) is 0.562. The van der Waals surface area contributed by atoms with Gasteiger partial charge in [-0.2, -0.15) is 4.31 Å². The van der Waals surface area contributed by atoms with Gasteiger partial charge in [0, 0.05) is 32.6 Å². The van der Waals surface area contributed by atoms with Crippen LogP contribution in [-0.4, -0.2) is 45.3 Å². The molecule has 1 aliphatic rings. The van der Waals surface area contributed by atoms with Gasteiger partial charge in [0.05, 0.1) is 4.90 Å². The maximum Gasteiger partial charge on any atom is 0.243 e. The molecule has 0 spiro atoms. The van der Waals surface area contributed by atoms with Crippen molar-refractivity contribution >= 4 is 15.9 Å². The number of rotatable bonds is 7. The van der Waals surface area contributed by atoms with E-state index in [4.69, 9.17) is 0 Å². The van der Waals surface area contributed by atoms with E-state index in [0.29, 0.717) is 37.5 Å². The van der Waals surface area contributed by atoms with Crippen molar-refractivity contribution in [2.45, 2.75) is 37.1 Å². The molecule has 1 fully saturated rings. The predicted octanol–water partition coefficient (Wildman–Crippen LogP) is 1.09. The monoisotopic (exact) mass is 339 g/mol. The number of carbonyl (C=O) groups excluding carboxylic acids is 1. The Morgan fingerprint density at radius 1 is 1.13 bits per heavy atom. The first-order valence-corrected chi connectivity index (χ1v) is 9.48. The largest absolute Gasteiger partial charge is 0.352 e. The first kappa shape index (κ1) is 17.9. The summed E-state index contributed by atoms with van der Waals surface area (Å²) in [6.45, 7) is 2.25. The molecule has 2 rings (SSSR count). The SMILES string of the molecule is CNCCC(=O)NCc1ccc(S(=O)(=O)N2CCCCC2)cc1. The van der Waals surface area contributed by atoms with E-state index in [0.717, 1.165) is 24.8 Å². The van der Waals surface area contributed by atoms with Crippen LogP contribution in [0.5, 0.6) is 0 Å². The highest BCUT2D eigenvalue weighted by atomic mass is 32.2. The Labute approximate surface area is 138 Å². The third-order valence-electron chi connectivity index (χ3n) is 3.97. The van der Waals surface area contributed by atoms with E-state index in [1.807, 2.05) is 0 Å². The third-order valence-corrected chi connectivity index (χ3v) is 5.88. The first-order valence-electron chi connectivity index (χ1n) is 8.04. The molecular weight excluding hydrogens is 314 g/mol. The molecule has 0 unspecified atom stereocenters. The third kappa shape index (κ3) is 5.02. The Kier molecular flexibility index (Phi) is 6.56. The van der Waals surface area contributed by atoms with Gasteiger partial charge in [0.25, 0.3) is 0 Å². The van der Waals surface area contributed by atoms with Gasteiger partial charge in [0.1, 0.15) is 0 Å². The summed E-state index contributed by atoms with van der Waals surface area (Å²) in [5, 5.41) is 5.74. The smallest absolute Gasteiger partial charge is 0.243 e. The highest BCUT2D eigenvalue weighted by molar-refractivity contribution is 7.89. The molecule has 0 saturated carbocycles. The Hall–Kier alpha value is -1.44. The molecule has 1 heterocycles. The number of nitrogens with one attached hydrogen (secondary N) is 2. The van der Waals surface area contributed by atoms with Crippen molar-refractivity contribution in [3.05, 3.63) is 29.8 Å². The van der Waals surface area contributed by atoms with Crippen LogP contribution in [0.25, 0.3) is 0 Å². The van der Waals surface area contributed by atoms with E-state index in [1.165, 1.54) is 0 Å². The lowest BCUT2D eigenvalue weighted by atomic mass is 10.2. The van der Waals surface area contributed by atoms with Gasteiger partial charge in [-0.1, -0.05) is 18.6 Å². The standard InChI is InChI=1S/C16H25N3O3S/c1-17-10-9-16(20)18-13-14-5-7-15(8-6-14)23(21,22)19-11-3-2-4-12-19/h5-8,17H,2-4,9-13H2,1H3,(H,18,20). The maximum atomic E-state index is 12.5. The molecule has 0 aromatic heterocycles. The molecule has 23 heavy (non-hydrogen) atoms. The minimum absolute atomic E-state index is 0.0237. The van der Waals surface area contributed by atoms with E-state index >= 15 is 0 Å². The number of hydrogen-bond acceptors (Lipinski definition) is 4. The van der Waals surface area contributed by atoms with Crippen LogP contribution in [0.2, 0.25) is 0 Å². The van der Waals surface area contributed by atoms with Crippen LogP contribution in [0.1, 0.15) is 31.2 Å². The predicted molar refractivity (Wildman–Crippen MR) is 89.4 cm³/mol. The molecule has 1 amide bonds. The highest BCUT2D eigenvalue weighted by Gasteiger charge is 2.25. The lowest BCUT2D eigenvalue weighted by molar-refractivity contribution is -0.121. The molecule has 0 bridgehead atoms. The number of amides is 1. The number of carbonyl (C=O) groups is 1. The lowest BCUT2D eigenvalue weighted by Crippen LogP contribution is -2.35. The normalized spacial score (nSPS) is 16.2. The van der Waals surface area contributed by atoms with Crippen molar-refractivity contribution in [1.29, 1.82) is 0 Å². The van der Waals surface area contributed by atoms with Crippen molar-refractivity contribution in [2.75, 3.05) is 26.7 Å². The van der Waals surface area contributed by atoms with Crippen LogP contribution in [0.4, 0.5) is 0 Å². The molecule has 6 nitrogen and oxygen atoms in total. The van der Waals surface area contributed by atoms with E-state index < -0.39 is 10.0 Å². The van der Waals surface area contributed by atoms with Crippen molar-refractivity contribution in [2.24, 2.45) is 0 Å². The second kappa shape index (κ2) is 8.42. The van der Waals surface area contributed by atoms with Crippen molar-refractivity contribution in [3.63, 3.8) is 0 Å². The zero-order valence-corrected chi connectivity index (χ0v) is 14.4. The van der Waals surface area contributed by atoms with Gasteiger partial charge < -0.3 is 10.6 Å². The van der Waals surface area contributed by atoms with Gasteiger partial charge in [-0.05, 0) is 37.6 Å². The summed E-state index contributed by atoms with van der Waals surface area (Å²) < 4.78 is 26.6. The maximum absolute atomic E-state index is 12.5. The van der Waals surface area contributed by atoms with Crippen LogP contribution < -0.4 is 10.6 Å². The lowest BCUT2D eigenvalue weighted by Gasteiger charge is -2.25. The summed E-state index contributed by atoms with van der Waals surface area (Å²) in [5.74, 6) is -0.0237. The highest BCUT2D eigenvalue weighted by Crippen LogP contribution is 2.20. The zero-order valence-electron chi connectivity index (χ0n) is 13.5. The molecule has 1 aliphatic heterocycles. The van der Waals surface area contributed by atoms with E-state index in [-0.39, 0.29) is 5.91 Å². The number of hydrogen-bond donors (Lipinski definition) is 2. The second-order valence-electron chi connectivity index (χ2n) is 5.74. The number of benzene rings is 1. The zero-order chi connectivity index (χ0) is 16.7. The summed E-state index contributed by atoms with van der Waals surface area (Å²) in [7, 11) is -1.58. The molecule has 0 aliphatic carbocycles.